The largest absolute Gasteiger partial charge is 0.358 e. The predicted octanol–water partition coefficient (Wildman–Crippen LogP) is 0.697. The van der Waals surface area contributed by atoms with Gasteiger partial charge in [0.2, 0.25) is 5.82 Å². The van der Waals surface area contributed by atoms with Crippen LogP contribution in [-0.2, 0) is 22.6 Å². The average Bonchev–Trinajstić information content (AvgIpc) is 2.72. The minimum Gasteiger partial charge on any atom is -0.358 e. The van der Waals surface area contributed by atoms with Crippen LogP contribution in [0.3, 0.4) is 0 Å². The number of hydrogen-bond donors (Lipinski definition) is 0. The van der Waals surface area contributed by atoms with Gasteiger partial charge in [0.05, 0.1) is 11.9 Å². The zero-order valence-corrected chi connectivity index (χ0v) is 10.7. The molecule has 0 bridgehead atoms. The van der Waals surface area contributed by atoms with Gasteiger partial charge >= 0.3 is 5.82 Å². The Morgan fingerprint density at radius 1 is 1.37 bits per heavy atom. The Balaban J connectivity index is 2.34. The molecule has 2 rings (SSSR count). The molecule has 0 aliphatic carbocycles. The normalized spacial score (nSPS) is 11.4. The number of sulfone groups is 1. The van der Waals surface area contributed by atoms with Gasteiger partial charge < -0.3 is 10.1 Å². The highest BCUT2D eigenvalue weighted by molar-refractivity contribution is 7.90. The molecule has 0 amide bonds. The fraction of sp³-hybridized carbons (Fsp3) is 0.200. The molecule has 0 saturated heterocycles. The number of imidazole rings is 1. The zero-order chi connectivity index (χ0) is 14.0. The van der Waals surface area contributed by atoms with Crippen molar-refractivity contribution in [1.82, 2.24) is 14.5 Å². The van der Waals surface area contributed by atoms with Crippen LogP contribution in [0.4, 0.5) is 5.82 Å². The van der Waals surface area contributed by atoms with Crippen molar-refractivity contribution in [2.75, 3.05) is 0 Å². The zero-order valence-electron chi connectivity index (χ0n) is 9.92. The molecule has 0 fully saturated rings. The van der Waals surface area contributed by atoms with Gasteiger partial charge in [0.25, 0.3) is 0 Å². The number of hydrogen-bond acceptors (Lipinski definition) is 6. The SMILES string of the molecule is Cn1c([N+](=O)[O-])cnc1CS(=O)(=O)c1ccncc1. The predicted molar refractivity (Wildman–Crippen MR) is 65.0 cm³/mol. The first kappa shape index (κ1) is 13.1. The Morgan fingerprint density at radius 3 is 2.53 bits per heavy atom. The summed E-state index contributed by atoms with van der Waals surface area (Å²) in [5.74, 6) is -0.537. The van der Waals surface area contributed by atoms with Crippen LogP contribution in [-0.4, -0.2) is 27.9 Å². The highest BCUT2D eigenvalue weighted by Gasteiger charge is 2.23. The van der Waals surface area contributed by atoms with E-state index in [0.29, 0.717) is 0 Å². The molecule has 0 atom stereocenters. The van der Waals surface area contributed by atoms with Gasteiger partial charge in [-0.05, 0) is 17.1 Å². The van der Waals surface area contributed by atoms with Gasteiger partial charge in [-0.2, -0.15) is 0 Å². The molecule has 0 aromatic carbocycles. The lowest BCUT2D eigenvalue weighted by Gasteiger charge is -2.02. The third kappa shape index (κ3) is 2.60. The number of pyridine rings is 1. The van der Waals surface area contributed by atoms with E-state index in [1.54, 1.807) is 0 Å². The van der Waals surface area contributed by atoms with Gasteiger partial charge in [0.1, 0.15) is 11.9 Å². The quantitative estimate of drug-likeness (QED) is 0.603. The van der Waals surface area contributed by atoms with Gasteiger partial charge in [-0.3, -0.25) is 4.98 Å². The van der Waals surface area contributed by atoms with Crippen molar-refractivity contribution < 1.29 is 13.3 Å². The van der Waals surface area contributed by atoms with Crippen LogP contribution >= 0.6 is 0 Å². The average molecular weight is 282 g/mol. The van der Waals surface area contributed by atoms with Crippen LogP contribution in [0.15, 0.2) is 35.6 Å². The van der Waals surface area contributed by atoms with Crippen LogP contribution in [0, 0.1) is 10.1 Å². The second-order valence-electron chi connectivity index (χ2n) is 3.79. The van der Waals surface area contributed by atoms with E-state index in [1.807, 2.05) is 0 Å². The third-order valence-corrected chi connectivity index (χ3v) is 4.20. The van der Waals surface area contributed by atoms with Crippen LogP contribution in [0.1, 0.15) is 5.82 Å². The number of aromatic nitrogens is 3. The van der Waals surface area contributed by atoms with Crippen molar-refractivity contribution in [3.8, 4) is 0 Å². The molecule has 0 saturated carbocycles. The van der Waals surface area contributed by atoms with Gasteiger partial charge in [0.15, 0.2) is 9.84 Å². The van der Waals surface area contributed by atoms with E-state index in [0.717, 1.165) is 10.8 Å². The van der Waals surface area contributed by atoms with E-state index < -0.39 is 20.5 Å². The lowest BCUT2D eigenvalue weighted by molar-refractivity contribution is -0.391. The summed E-state index contributed by atoms with van der Waals surface area (Å²) in [6.07, 6.45) is 3.78. The van der Waals surface area contributed by atoms with Crippen molar-refractivity contribution in [3.63, 3.8) is 0 Å². The Labute approximate surface area is 108 Å². The standard InChI is InChI=1S/C10H10N4O4S/c1-13-9(12-6-10(13)14(15)16)7-19(17,18)8-2-4-11-5-3-8/h2-6H,7H2,1H3. The molecular formula is C10H10N4O4S. The number of nitrogens with zero attached hydrogens (tertiary/aromatic N) is 4. The highest BCUT2D eigenvalue weighted by Crippen LogP contribution is 2.18. The van der Waals surface area contributed by atoms with Crippen LogP contribution < -0.4 is 0 Å². The molecule has 8 nitrogen and oxygen atoms in total. The van der Waals surface area contributed by atoms with E-state index in [1.165, 1.54) is 31.6 Å². The number of nitro groups is 1. The molecule has 0 aliphatic heterocycles. The van der Waals surface area contributed by atoms with E-state index in [4.69, 9.17) is 0 Å². The van der Waals surface area contributed by atoms with Crippen molar-refractivity contribution in [2.45, 2.75) is 10.6 Å². The van der Waals surface area contributed by atoms with Gasteiger partial charge in [-0.25, -0.2) is 18.0 Å². The molecule has 0 N–H and O–H groups in total. The monoisotopic (exact) mass is 282 g/mol. The molecule has 0 unspecified atom stereocenters. The molecule has 9 heteroatoms. The summed E-state index contributed by atoms with van der Waals surface area (Å²) in [5, 5.41) is 10.7. The molecule has 0 aliphatic rings. The number of rotatable bonds is 4. The third-order valence-electron chi connectivity index (χ3n) is 2.57. The minimum absolute atomic E-state index is 0.105. The van der Waals surface area contributed by atoms with E-state index in [-0.39, 0.29) is 16.5 Å². The van der Waals surface area contributed by atoms with Gasteiger partial charge in [-0.15, -0.1) is 0 Å². The maximum absolute atomic E-state index is 12.1. The molecule has 100 valence electrons. The summed E-state index contributed by atoms with van der Waals surface area (Å²) in [7, 11) is -2.19. The van der Waals surface area contributed by atoms with E-state index in [9.17, 15) is 18.5 Å². The lowest BCUT2D eigenvalue weighted by atomic mass is 10.5. The van der Waals surface area contributed by atoms with Crippen molar-refractivity contribution in [1.29, 1.82) is 0 Å². The Hall–Kier alpha value is -2.29. The molecule has 0 radical (unpaired) electrons. The fourth-order valence-corrected chi connectivity index (χ4v) is 2.85. The fourth-order valence-electron chi connectivity index (χ4n) is 1.54. The van der Waals surface area contributed by atoms with Gasteiger partial charge in [0, 0.05) is 12.4 Å². The van der Waals surface area contributed by atoms with Crippen molar-refractivity contribution in [2.24, 2.45) is 7.05 Å². The van der Waals surface area contributed by atoms with Crippen LogP contribution in [0.25, 0.3) is 0 Å². The summed E-state index contributed by atoms with van der Waals surface area (Å²) in [6.45, 7) is 0. The first-order chi connectivity index (χ1) is 8.92. The van der Waals surface area contributed by atoms with E-state index in [2.05, 4.69) is 9.97 Å². The second kappa shape index (κ2) is 4.76. The van der Waals surface area contributed by atoms with E-state index >= 15 is 0 Å². The second-order valence-corrected chi connectivity index (χ2v) is 5.78. The Morgan fingerprint density at radius 2 is 2.00 bits per heavy atom. The van der Waals surface area contributed by atoms with Gasteiger partial charge in [-0.1, -0.05) is 0 Å². The molecule has 2 heterocycles. The molecule has 2 aromatic heterocycles. The molecular weight excluding hydrogens is 272 g/mol. The Kier molecular flexibility index (Phi) is 3.30. The summed E-state index contributed by atoms with van der Waals surface area (Å²) >= 11 is 0. The summed E-state index contributed by atoms with van der Waals surface area (Å²) in [4.78, 5) is 17.7. The van der Waals surface area contributed by atoms with Crippen molar-refractivity contribution >= 4 is 15.7 Å². The van der Waals surface area contributed by atoms with Crippen LogP contribution in [0.2, 0.25) is 0 Å². The van der Waals surface area contributed by atoms with Crippen LogP contribution in [0.5, 0.6) is 0 Å². The minimum atomic E-state index is -3.59. The maximum atomic E-state index is 12.1. The Bertz CT molecular complexity index is 708. The molecule has 19 heavy (non-hydrogen) atoms. The lowest BCUT2D eigenvalue weighted by Crippen LogP contribution is -2.10. The summed E-state index contributed by atoms with van der Waals surface area (Å²) in [5.41, 5.74) is 0. The first-order valence-electron chi connectivity index (χ1n) is 5.19. The summed E-state index contributed by atoms with van der Waals surface area (Å²) in [6, 6.07) is 2.74. The topological polar surface area (TPSA) is 108 Å². The highest BCUT2D eigenvalue weighted by atomic mass is 32.2. The first-order valence-corrected chi connectivity index (χ1v) is 6.85. The molecule has 0 spiro atoms. The summed E-state index contributed by atoms with van der Waals surface area (Å²) < 4.78 is 25.3. The smallest absolute Gasteiger partial charge is 0.342 e. The van der Waals surface area contributed by atoms with Crippen molar-refractivity contribution in [3.05, 3.63) is 46.7 Å². The molecule has 2 aromatic rings. The maximum Gasteiger partial charge on any atom is 0.342 e.